The Morgan fingerprint density at radius 3 is 2.38 bits per heavy atom. The van der Waals surface area contributed by atoms with Gasteiger partial charge in [-0.25, -0.2) is 14.6 Å². The van der Waals surface area contributed by atoms with Gasteiger partial charge >= 0.3 is 5.69 Å². The predicted octanol–water partition coefficient (Wildman–Crippen LogP) is 1.38. The van der Waals surface area contributed by atoms with Gasteiger partial charge in [-0.3, -0.25) is 24.3 Å². The summed E-state index contributed by atoms with van der Waals surface area (Å²) >= 11 is 0. The number of nitro groups is 1. The maximum absolute atomic E-state index is 14.7. The van der Waals surface area contributed by atoms with E-state index in [0.29, 0.717) is 27.7 Å². The molecule has 1 aromatic heterocycles. The number of nitro benzene ring substituents is 1. The van der Waals surface area contributed by atoms with E-state index < -0.39 is 64.3 Å². The molecule has 0 radical (unpaired) electrons. The number of halogens is 1. The molecule has 1 aliphatic rings. The fourth-order valence-corrected chi connectivity index (χ4v) is 4.10. The first kappa shape index (κ1) is 29.9. The minimum absolute atomic E-state index is 0.0766. The lowest BCUT2D eigenvalue weighted by molar-refractivity contribution is -0.385. The van der Waals surface area contributed by atoms with E-state index in [2.05, 4.69) is 26.1 Å². The molecule has 5 N–H and O–H groups in total. The molecule has 0 bridgehead atoms. The highest BCUT2D eigenvalue weighted by molar-refractivity contribution is 6.05. The molecular formula is C26H26FN7O8. The summed E-state index contributed by atoms with van der Waals surface area (Å²) in [6.07, 6.45) is -4.21. The number of hydrogen-bond acceptors (Lipinski definition) is 11. The lowest BCUT2D eigenvalue weighted by atomic mass is 10.1. The van der Waals surface area contributed by atoms with Crippen LogP contribution in [0.25, 0.3) is 0 Å². The number of aromatic nitrogens is 2. The van der Waals surface area contributed by atoms with E-state index in [0.717, 1.165) is 0 Å². The van der Waals surface area contributed by atoms with Crippen LogP contribution >= 0.6 is 0 Å². The Bertz CT molecular complexity index is 1630. The van der Waals surface area contributed by atoms with Crippen LogP contribution in [0.2, 0.25) is 0 Å². The molecule has 2 heterocycles. The summed E-state index contributed by atoms with van der Waals surface area (Å²) in [6, 6.07) is 9.80. The SMILES string of the molecule is CNc1ccc(C(=O)N/N=C(\C)c2ccc(C(=O)Nc3nc(=O)n([C@@H]4O[C@H](C)C(O)[C@@H]4O)cc3F)cc2)c([N+](=O)[O-])c1. The van der Waals surface area contributed by atoms with Crippen molar-refractivity contribution in [3.8, 4) is 0 Å². The van der Waals surface area contributed by atoms with Crippen molar-refractivity contribution in [1.82, 2.24) is 15.0 Å². The Labute approximate surface area is 236 Å². The summed E-state index contributed by atoms with van der Waals surface area (Å²) in [7, 11) is 1.59. The average molecular weight is 584 g/mol. The zero-order valence-corrected chi connectivity index (χ0v) is 22.4. The molecule has 1 saturated heterocycles. The van der Waals surface area contributed by atoms with Crippen LogP contribution in [-0.2, 0) is 4.74 Å². The topological polar surface area (TPSA) is 210 Å². The van der Waals surface area contributed by atoms with E-state index in [1.165, 1.54) is 49.4 Å². The van der Waals surface area contributed by atoms with Crippen LogP contribution in [0.4, 0.5) is 21.6 Å². The van der Waals surface area contributed by atoms with E-state index in [1.807, 2.05) is 0 Å². The molecule has 0 aliphatic carbocycles. The number of aliphatic hydroxyl groups excluding tert-OH is 2. The van der Waals surface area contributed by atoms with Crippen molar-refractivity contribution in [3.05, 3.63) is 91.8 Å². The van der Waals surface area contributed by atoms with Gasteiger partial charge in [-0.1, -0.05) is 12.1 Å². The number of ether oxygens (including phenoxy) is 1. The Balaban J connectivity index is 1.43. The van der Waals surface area contributed by atoms with E-state index in [-0.39, 0.29) is 11.1 Å². The molecule has 1 fully saturated rings. The van der Waals surface area contributed by atoms with Gasteiger partial charge in [-0.05, 0) is 43.7 Å². The monoisotopic (exact) mass is 583 g/mol. The Morgan fingerprint density at radius 1 is 1.12 bits per heavy atom. The van der Waals surface area contributed by atoms with Crippen molar-refractivity contribution in [3.63, 3.8) is 0 Å². The van der Waals surface area contributed by atoms with Crippen molar-refractivity contribution in [1.29, 1.82) is 0 Å². The van der Waals surface area contributed by atoms with Crippen molar-refractivity contribution in [2.24, 2.45) is 5.10 Å². The number of rotatable bonds is 8. The number of anilines is 2. The van der Waals surface area contributed by atoms with E-state index >= 15 is 0 Å². The normalized spacial score (nSPS) is 20.2. The highest BCUT2D eigenvalue weighted by Crippen LogP contribution is 2.28. The largest absolute Gasteiger partial charge is 0.388 e. The number of nitrogens with one attached hydrogen (secondary N) is 3. The summed E-state index contributed by atoms with van der Waals surface area (Å²) in [5, 5.41) is 40.2. The molecule has 2 aromatic carbocycles. The molecule has 0 spiro atoms. The highest BCUT2D eigenvalue weighted by Gasteiger charge is 2.42. The lowest BCUT2D eigenvalue weighted by Crippen LogP contribution is -2.36. The van der Waals surface area contributed by atoms with E-state index in [9.17, 15) is 39.1 Å². The third-order valence-corrected chi connectivity index (χ3v) is 6.51. The van der Waals surface area contributed by atoms with E-state index in [4.69, 9.17) is 4.74 Å². The summed E-state index contributed by atoms with van der Waals surface area (Å²) in [4.78, 5) is 51.8. The zero-order chi connectivity index (χ0) is 30.7. The standard InChI is InChI=1S/C26H26FN7O8/c1-12(31-32-24(38)17-9-8-16(28-3)10-19(17)34(40)41)14-4-6-15(7-5-14)23(37)29-22-18(27)11-33(26(39)30-22)25-21(36)20(35)13(2)42-25/h4-11,13,20-21,25,28,35-36H,1-3H3,(H,32,38)(H,29,30,37,39)/b31-12+/t13-,20?,21+,25-/m1/s1. The first-order valence-electron chi connectivity index (χ1n) is 12.4. The minimum Gasteiger partial charge on any atom is -0.388 e. The molecule has 1 unspecified atom stereocenters. The maximum Gasteiger partial charge on any atom is 0.351 e. The van der Waals surface area contributed by atoms with Gasteiger partial charge < -0.3 is 25.6 Å². The van der Waals surface area contributed by atoms with Gasteiger partial charge in [-0.15, -0.1) is 0 Å². The molecule has 1 aliphatic heterocycles. The smallest absolute Gasteiger partial charge is 0.351 e. The first-order valence-corrected chi connectivity index (χ1v) is 12.4. The summed E-state index contributed by atoms with van der Waals surface area (Å²) in [5.41, 5.74) is 2.00. The number of hydrogen-bond donors (Lipinski definition) is 5. The molecule has 3 aromatic rings. The van der Waals surface area contributed by atoms with E-state index in [1.54, 1.807) is 14.0 Å². The third kappa shape index (κ3) is 6.14. The van der Waals surface area contributed by atoms with Gasteiger partial charge in [0, 0.05) is 24.4 Å². The number of amides is 2. The number of carbonyl (C=O) groups is 2. The number of hydrazone groups is 1. The van der Waals surface area contributed by atoms with Crippen LogP contribution in [0.1, 0.15) is 46.4 Å². The summed E-state index contributed by atoms with van der Waals surface area (Å²) < 4.78 is 20.7. The number of benzene rings is 2. The van der Waals surface area contributed by atoms with Crippen LogP contribution < -0.4 is 21.7 Å². The minimum atomic E-state index is -1.48. The van der Waals surface area contributed by atoms with Gasteiger partial charge in [0.25, 0.3) is 17.5 Å². The molecular weight excluding hydrogens is 557 g/mol. The lowest BCUT2D eigenvalue weighted by Gasteiger charge is -2.17. The van der Waals surface area contributed by atoms with Crippen LogP contribution in [-0.4, -0.2) is 67.6 Å². The van der Waals surface area contributed by atoms with Crippen LogP contribution in [0, 0.1) is 15.9 Å². The Morgan fingerprint density at radius 2 is 1.79 bits per heavy atom. The van der Waals surface area contributed by atoms with Crippen molar-refractivity contribution < 1.29 is 33.9 Å². The molecule has 220 valence electrons. The summed E-state index contributed by atoms with van der Waals surface area (Å²) in [5.74, 6) is -3.31. The van der Waals surface area contributed by atoms with Crippen LogP contribution in [0.15, 0.2) is 58.6 Å². The first-order chi connectivity index (χ1) is 19.9. The second-order valence-electron chi connectivity index (χ2n) is 9.25. The molecule has 16 heteroatoms. The average Bonchev–Trinajstić information content (AvgIpc) is 3.23. The van der Waals surface area contributed by atoms with Gasteiger partial charge in [0.15, 0.2) is 17.9 Å². The fourth-order valence-electron chi connectivity index (χ4n) is 4.10. The Kier molecular flexibility index (Phi) is 8.70. The van der Waals surface area contributed by atoms with Gasteiger partial charge in [0.2, 0.25) is 0 Å². The second kappa shape index (κ2) is 12.2. The van der Waals surface area contributed by atoms with Crippen molar-refractivity contribution in [2.45, 2.75) is 38.4 Å². The maximum atomic E-state index is 14.7. The second-order valence-corrected chi connectivity index (χ2v) is 9.25. The molecule has 42 heavy (non-hydrogen) atoms. The number of aliphatic hydroxyl groups is 2. The number of carbonyl (C=O) groups excluding carboxylic acids is 2. The number of nitrogens with zero attached hydrogens (tertiary/aromatic N) is 4. The molecule has 4 rings (SSSR count). The van der Waals surface area contributed by atoms with Crippen molar-refractivity contribution >= 4 is 34.7 Å². The molecule has 15 nitrogen and oxygen atoms in total. The highest BCUT2D eigenvalue weighted by atomic mass is 19.1. The fraction of sp³-hybridized carbons (Fsp3) is 0.269. The molecule has 2 amide bonds. The molecule has 0 saturated carbocycles. The van der Waals surface area contributed by atoms with Gasteiger partial charge in [0.05, 0.1) is 22.9 Å². The predicted molar refractivity (Wildman–Crippen MR) is 147 cm³/mol. The zero-order valence-electron chi connectivity index (χ0n) is 22.4. The van der Waals surface area contributed by atoms with Crippen LogP contribution in [0.3, 0.4) is 0 Å². The van der Waals surface area contributed by atoms with Gasteiger partial charge in [0.1, 0.15) is 17.8 Å². The third-order valence-electron chi connectivity index (χ3n) is 6.51. The molecule has 4 atom stereocenters. The summed E-state index contributed by atoms with van der Waals surface area (Å²) in [6.45, 7) is 3.04. The quantitative estimate of drug-likeness (QED) is 0.146. The Hall–Kier alpha value is -5.06. The van der Waals surface area contributed by atoms with Crippen molar-refractivity contribution in [2.75, 3.05) is 17.7 Å². The van der Waals surface area contributed by atoms with Crippen LogP contribution in [0.5, 0.6) is 0 Å². The van der Waals surface area contributed by atoms with Gasteiger partial charge in [-0.2, -0.15) is 10.1 Å².